The number of aliphatic hydroxyl groups is 1. The molecule has 0 fully saturated rings. The molecule has 0 aliphatic heterocycles. The van der Waals surface area contributed by atoms with Gasteiger partial charge in [0.25, 0.3) is 0 Å². The SMILES string of the molecule is COC(=O)C(NC(=O)[C@H](NC(=O)C(C)C[C@H](O)[C@H](Cc1ccccc1)NC(=O)[C@H](C)N(C(=O)OCc1ccccc1)C(=O)[C@H](C)N)C(C)C)C(C)C. The average molecular weight is 726 g/mol. The predicted octanol–water partition coefficient (Wildman–Crippen LogP) is 2.46. The molecule has 0 bridgehead atoms. The van der Waals surface area contributed by atoms with Crippen LogP contribution in [0.1, 0.15) is 66.0 Å². The van der Waals surface area contributed by atoms with Crippen LogP contribution in [0.4, 0.5) is 4.79 Å². The summed E-state index contributed by atoms with van der Waals surface area (Å²) in [6, 6.07) is 12.5. The van der Waals surface area contributed by atoms with Gasteiger partial charge in [0.2, 0.25) is 23.6 Å². The number of nitrogens with two attached hydrogens (primary N) is 1. The van der Waals surface area contributed by atoms with Gasteiger partial charge in [-0.05, 0) is 49.7 Å². The Balaban J connectivity index is 2.24. The van der Waals surface area contributed by atoms with Crippen molar-refractivity contribution < 1.29 is 43.3 Å². The number of carbonyl (C=O) groups excluding carboxylic acids is 6. The third kappa shape index (κ3) is 13.1. The van der Waals surface area contributed by atoms with E-state index in [1.165, 1.54) is 21.0 Å². The van der Waals surface area contributed by atoms with Gasteiger partial charge in [0.1, 0.15) is 24.7 Å². The number of benzene rings is 2. The second-order valence-corrected chi connectivity index (χ2v) is 13.7. The highest BCUT2D eigenvalue weighted by Gasteiger charge is 2.37. The van der Waals surface area contributed by atoms with Gasteiger partial charge in [0, 0.05) is 5.92 Å². The summed E-state index contributed by atoms with van der Waals surface area (Å²) < 4.78 is 10.2. The number of esters is 1. The van der Waals surface area contributed by atoms with E-state index in [1.54, 1.807) is 77.1 Å². The molecule has 0 saturated heterocycles. The molecule has 0 aliphatic carbocycles. The quantitative estimate of drug-likeness (QED) is 0.142. The fourth-order valence-electron chi connectivity index (χ4n) is 5.35. The van der Waals surface area contributed by atoms with Crippen LogP contribution in [-0.4, -0.2) is 89.1 Å². The van der Waals surface area contributed by atoms with E-state index in [2.05, 4.69) is 16.0 Å². The molecule has 6 N–H and O–H groups in total. The lowest BCUT2D eigenvalue weighted by molar-refractivity contribution is -0.147. The number of nitrogens with zero attached hydrogens (tertiary/aromatic N) is 1. The molecular weight excluding hydrogens is 670 g/mol. The van der Waals surface area contributed by atoms with Crippen LogP contribution in [0.5, 0.6) is 0 Å². The normalized spacial score (nSPS) is 15.2. The van der Waals surface area contributed by atoms with Crippen molar-refractivity contribution in [2.75, 3.05) is 7.11 Å². The third-order valence-corrected chi connectivity index (χ3v) is 8.60. The van der Waals surface area contributed by atoms with Crippen LogP contribution in [0.15, 0.2) is 60.7 Å². The minimum atomic E-state index is -1.38. The van der Waals surface area contributed by atoms with Crippen molar-refractivity contribution in [3.63, 3.8) is 0 Å². The van der Waals surface area contributed by atoms with Crippen LogP contribution in [0.3, 0.4) is 0 Å². The number of nitrogens with one attached hydrogen (secondary N) is 3. The molecule has 52 heavy (non-hydrogen) atoms. The summed E-state index contributed by atoms with van der Waals surface area (Å²) in [4.78, 5) is 79.4. The van der Waals surface area contributed by atoms with Crippen molar-refractivity contribution in [3.05, 3.63) is 71.8 Å². The van der Waals surface area contributed by atoms with Crippen molar-refractivity contribution in [1.29, 1.82) is 0 Å². The zero-order chi connectivity index (χ0) is 39.1. The van der Waals surface area contributed by atoms with E-state index in [-0.39, 0.29) is 31.3 Å². The van der Waals surface area contributed by atoms with Gasteiger partial charge < -0.3 is 36.3 Å². The number of methoxy groups -OCH3 is 1. The van der Waals surface area contributed by atoms with Gasteiger partial charge >= 0.3 is 12.1 Å². The second-order valence-electron chi connectivity index (χ2n) is 13.7. The average Bonchev–Trinajstić information content (AvgIpc) is 3.11. The number of amides is 5. The Morgan fingerprint density at radius 3 is 1.75 bits per heavy atom. The molecular formula is C38H55N5O9. The minimum absolute atomic E-state index is 0.122. The predicted molar refractivity (Wildman–Crippen MR) is 194 cm³/mol. The Morgan fingerprint density at radius 2 is 1.25 bits per heavy atom. The fraction of sp³-hybridized carbons (Fsp3) is 0.526. The maximum atomic E-state index is 13.7. The fourth-order valence-corrected chi connectivity index (χ4v) is 5.35. The Hall–Kier alpha value is -4.82. The lowest BCUT2D eigenvalue weighted by Crippen LogP contribution is -2.58. The zero-order valence-electron chi connectivity index (χ0n) is 31.3. The molecule has 0 aliphatic rings. The minimum Gasteiger partial charge on any atom is -0.467 e. The topological polar surface area (TPSA) is 206 Å². The first-order valence-electron chi connectivity index (χ1n) is 17.5. The molecule has 2 aromatic rings. The molecule has 0 aromatic heterocycles. The van der Waals surface area contributed by atoms with E-state index in [0.717, 1.165) is 5.56 Å². The molecule has 0 heterocycles. The van der Waals surface area contributed by atoms with Gasteiger partial charge in [-0.25, -0.2) is 14.5 Å². The van der Waals surface area contributed by atoms with E-state index in [0.29, 0.717) is 10.5 Å². The van der Waals surface area contributed by atoms with Crippen LogP contribution < -0.4 is 21.7 Å². The monoisotopic (exact) mass is 725 g/mol. The van der Waals surface area contributed by atoms with Crippen LogP contribution in [0.2, 0.25) is 0 Å². The maximum Gasteiger partial charge on any atom is 0.417 e. The molecule has 2 rings (SSSR count). The molecule has 14 nitrogen and oxygen atoms in total. The first-order chi connectivity index (χ1) is 24.5. The summed E-state index contributed by atoms with van der Waals surface area (Å²) >= 11 is 0. The Labute approximate surface area is 306 Å². The Kier molecular flexibility index (Phi) is 17.4. The summed E-state index contributed by atoms with van der Waals surface area (Å²) in [6.07, 6.45) is -2.32. The van der Waals surface area contributed by atoms with Crippen molar-refractivity contribution in [1.82, 2.24) is 20.9 Å². The van der Waals surface area contributed by atoms with Crippen molar-refractivity contribution >= 4 is 35.7 Å². The molecule has 0 spiro atoms. The largest absolute Gasteiger partial charge is 0.467 e. The summed E-state index contributed by atoms with van der Waals surface area (Å²) in [5.74, 6) is -4.73. The molecule has 0 saturated carbocycles. The number of hydrogen-bond donors (Lipinski definition) is 5. The second kappa shape index (κ2) is 20.9. The summed E-state index contributed by atoms with van der Waals surface area (Å²) in [7, 11) is 1.23. The van der Waals surface area contributed by atoms with Crippen molar-refractivity contribution in [2.24, 2.45) is 23.5 Å². The van der Waals surface area contributed by atoms with Crippen LogP contribution >= 0.6 is 0 Å². The standard InChI is InChI=1S/C38H55N5O9/c1-22(2)31(35(47)42-32(23(3)4)37(49)51-8)41-33(45)24(5)19-30(44)29(20-27-15-11-9-12-16-27)40-34(46)26(7)43(36(48)25(6)39)38(50)52-21-28-17-13-10-14-18-28/h9-18,22-26,29-32,44H,19-21,39H2,1-8H3,(H,40,46)(H,41,45)(H,42,47)/t24?,25-,26-,29-,30-,31+,32?/m0/s1. The summed E-state index contributed by atoms with van der Waals surface area (Å²) in [5.41, 5.74) is 7.27. The molecule has 5 amide bonds. The highest BCUT2D eigenvalue weighted by molar-refractivity contribution is 6.00. The molecule has 7 atom stereocenters. The van der Waals surface area contributed by atoms with E-state index >= 15 is 0 Å². The zero-order valence-corrected chi connectivity index (χ0v) is 31.3. The van der Waals surface area contributed by atoms with Crippen LogP contribution in [0, 0.1) is 17.8 Å². The van der Waals surface area contributed by atoms with E-state index < -0.39 is 77.9 Å². The van der Waals surface area contributed by atoms with Gasteiger partial charge in [-0.15, -0.1) is 0 Å². The van der Waals surface area contributed by atoms with Gasteiger partial charge in [0.05, 0.1) is 25.3 Å². The number of carbonyl (C=O) groups is 6. The first-order valence-corrected chi connectivity index (χ1v) is 17.5. The number of hydrogen-bond acceptors (Lipinski definition) is 10. The van der Waals surface area contributed by atoms with Gasteiger partial charge in [-0.3, -0.25) is 19.2 Å². The van der Waals surface area contributed by atoms with Crippen molar-refractivity contribution in [2.45, 2.75) is 104 Å². The van der Waals surface area contributed by atoms with Gasteiger partial charge in [-0.1, -0.05) is 95.3 Å². The van der Waals surface area contributed by atoms with Crippen LogP contribution in [-0.2, 0) is 46.5 Å². The van der Waals surface area contributed by atoms with E-state index in [9.17, 15) is 33.9 Å². The van der Waals surface area contributed by atoms with E-state index in [4.69, 9.17) is 15.2 Å². The summed E-state index contributed by atoms with van der Waals surface area (Å²) in [5, 5.41) is 19.6. The van der Waals surface area contributed by atoms with E-state index in [1.807, 2.05) is 18.2 Å². The molecule has 286 valence electrons. The summed E-state index contributed by atoms with van der Waals surface area (Å²) in [6.45, 7) is 11.2. The molecule has 2 unspecified atom stereocenters. The highest BCUT2D eigenvalue weighted by atomic mass is 16.6. The molecule has 14 heteroatoms. The first kappa shape index (κ1) is 43.3. The van der Waals surface area contributed by atoms with Gasteiger partial charge in [-0.2, -0.15) is 0 Å². The number of rotatable bonds is 18. The van der Waals surface area contributed by atoms with Crippen molar-refractivity contribution in [3.8, 4) is 0 Å². The highest BCUT2D eigenvalue weighted by Crippen LogP contribution is 2.17. The Morgan fingerprint density at radius 1 is 0.731 bits per heavy atom. The maximum absolute atomic E-state index is 13.7. The molecule has 0 radical (unpaired) electrons. The van der Waals surface area contributed by atoms with Gasteiger partial charge in [0.15, 0.2) is 0 Å². The smallest absolute Gasteiger partial charge is 0.417 e. The number of imide groups is 1. The number of aliphatic hydroxyl groups excluding tert-OH is 1. The third-order valence-electron chi connectivity index (χ3n) is 8.60. The van der Waals surface area contributed by atoms with Crippen LogP contribution in [0.25, 0.3) is 0 Å². The number of ether oxygens (including phenoxy) is 2. The molecule has 2 aromatic carbocycles. The Bertz CT molecular complexity index is 1490. The lowest BCUT2D eigenvalue weighted by Gasteiger charge is -2.31. The lowest BCUT2D eigenvalue weighted by atomic mass is 9.92.